The van der Waals surface area contributed by atoms with Gasteiger partial charge >= 0.3 is 11.3 Å². The molecule has 0 unspecified atom stereocenters. The smallest absolute Gasteiger partial charge is 0.348 e. The SMILES string of the molecule is O=c1oc2c3ccccc3oc(=O)c2c2ccccc12. The first kappa shape index (κ1) is 11.0. The standard InChI is InChI=1S/C16H8O4/c17-15-10-6-2-1-5-9(10)13-14(20-15)11-7-3-4-8-12(11)19-16(13)18/h1-8H. The van der Waals surface area contributed by atoms with Crippen molar-refractivity contribution in [3.05, 3.63) is 69.4 Å². The summed E-state index contributed by atoms with van der Waals surface area (Å²) in [6.07, 6.45) is 0. The average Bonchev–Trinajstić information content (AvgIpc) is 2.47. The molecule has 2 aromatic heterocycles. The highest BCUT2D eigenvalue weighted by Gasteiger charge is 2.14. The van der Waals surface area contributed by atoms with Crippen LogP contribution < -0.4 is 11.3 Å². The van der Waals surface area contributed by atoms with Crippen molar-refractivity contribution in [3.8, 4) is 0 Å². The zero-order chi connectivity index (χ0) is 13.7. The molecule has 0 amide bonds. The molecule has 0 fully saturated rings. The third kappa shape index (κ3) is 1.36. The van der Waals surface area contributed by atoms with Gasteiger partial charge in [-0.2, -0.15) is 0 Å². The number of hydrogen-bond acceptors (Lipinski definition) is 4. The van der Waals surface area contributed by atoms with Crippen molar-refractivity contribution < 1.29 is 8.83 Å². The van der Waals surface area contributed by atoms with Crippen LogP contribution in [0.4, 0.5) is 0 Å². The molecule has 0 N–H and O–H groups in total. The van der Waals surface area contributed by atoms with Gasteiger partial charge in [-0.05, 0) is 18.2 Å². The molecule has 2 aromatic carbocycles. The summed E-state index contributed by atoms with van der Waals surface area (Å²) < 4.78 is 10.7. The third-order valence-electron chi connectivity index (χ3n) is 3.38. The molecule has 4 heteroatoms. The molecule has 2 heterocycles. The summed E-state index contributed by atoms with van der Waals surface area (Å²) in [7, 11) is 0. The minimum absolute atomic E-state index is 0.278. The van der Waals surface area contributed by atoms with E-state index in [0.717, 1.165) is 0 Å². The Morgan fingerprint density at radius 2 is 1.30 bits per heavy atom. The quantitative estimate of drug-likeness (QED) is 0.362. The molecule has 0 aliphatic carbocycles. The molecule has 0 atom stereocenters. The number of para-hydroxylation sites is 1. The molecule has 0 aliphatic rings. The van der Waals surface area contributed by atoms with Gasteiger partial charge in [0.05, 0.1) is 10.8 Å². The summed E-state index contributed by atoms with van der Waals surface area (Å²) in [5, 5.41) is 1.85. The maximum absolute atomic E-state index is 12.2. The molecule has 0 saturated carbocycles. The van der Waals surface area contributed by atoms with Crippen LogP contribution in [0.5, 0.6) is 0 Å². The van der Waals surface area contributed by atoms with E-state index in [1.54, 1.807) is 48.5 Å². The Labute approximate surface area is 111 Å². The highest BCUT2D eigenvalue weighted by molar-refractivity contribution is 6.11. The van der Waals surface area contributed by atoms with Crippen LogP contribution in [0.2, 0.25) is 0 Å². The summed E-state index contributed by atoms with van der Waals surface area (Å²) in [6.45, 7) is 0. The number of fused-ring (bicyclic) bond motifs is 5. The second-order valence-electron chi connectivity index (χ2n) is 4.52. The molecule has 0 aliphatic heterocycles. The first-order valence-electron chi connectivity index (χ1n) is 6.13. The van der Waals surface area contributed by atoms with E-state index in [1.807, 2.05) is 0 Å². The Kier molecular flexibility index (Phi) is 2.09. The van der Waals surface area contributed by atoms with Gasteiger partial charge in [0.2, 0.25) is 0 Å². The van der Waals surface area contributed by atoms with Crippen LogP contribution in [-0.2, 0) is 0 Å². The fraction of sp³-hybridized carbons (Fsp3) is 0. The Morgan fingerprint density at radius 1 is 0.650 bits per heavy atom. The summed E-state index contributed by atoms with van der Waals surface area (Å²) in [5.74, 6) is 0. The number of hydrogen-bond donors (Lipinski definition) is 0. The molecule has 0 bridgehead atoms. The molecule has 4 nitrogen and oxygen atoms in total. The molecular weight excluding hydrogens is 256 g/mol. The van der Waals surface area contributed by atoms with Crippen molar-refractivity contribution in [2.45, 2.75) is 0 Å². The number of benzene rings is 2. The largest absolute Gasteiger partial charge is 0.422 e. The van der Waals surface area contributed by atoms with Crippen molar-refractivity contribution in [1.29, 1.82) is 0 Å². The second kappa shape index (κ2) is 3.81. The Balaban J connectivity index is 2.46. The van der Waals surface area contributed by atoms with Gasteiger partial charge in [-0.3, -0.25) is 0 Å². The number of rotatable bonds is 0. The van der Waals surface area contributed by atoms with E-state index in [4.69, 9.17) is 8.83 Å². The van der Waals surface area contributed by atoms with Gasteiger partial charge in [-0.15, -0.1) is 0 Å². The monoisotopic (exact) mass is 264 g/mol. The molecular formula is C16H8O4. The first-order valence-corrected chi connectivity index (χ1v) is 6.13. The van der Waals surface area contributed by atoms with Crippen LogP contribution in [0.15, 0.2) is 67.0 Å². The molecule has 0 radical (unpaired) electrons. The molecule has 4 rings (SSSR count). The lowest BCUT2D eigenvalue weighted by atomic mass is 10.1. The van der Waals surface area contributed by atoms with Crippen LogP contribution in [0, 0.1) is 0 Å². The van der Waals surface area contributed by atoms with E-state index in [-0.39, 0.29) is 5.58 Å². The maximum atomic E-state index is 12.2. The van der Waals surface area contributed by atoms with Crippen molar-refractivity contribution >= 4 is 32.7 Å². The van der Waals surface area contributed by atoms with Crippen LogP contribution in [0.3, 0.4) is 0 Å². The Bertz CT molecular complexity index is 1090. The van der Waals surface area contributed by atoms with Crippen LogP contribution >= 0.6 is 0 Å². The van der Waals surface area contributed by atoms with Gasteiger partial charge in [-0.25, -0.2) is 9.59 Å². The minimum atomic E-state index is -0.501. The summed E-state index contributed by atoms with van der Waals surface area (Å²) >= 11 is 0. The molecule has 20 heavy (non-hydrogen) atoms. The van der Waals surface area contributed by atoms with Crippen LogP contribution in [-0.4, -0.2) is 0 Å². The van der Waals surface area contributed by atoms with E-state index in [1.165, 1.54) is 0 Å². The summed E-state index contributed by atoms with van der Waals surface area (Å²) in [5.41, 5.74) is -0.272. The highest BCUT2D eigenvalue weighted by atomic mass is 16.4. The Morgan fingerprint density at radius 3 is 2.10 bits per heavy atom. The molecule has 0 spiro atoms. The lowest BCUT2D eigenvalue weighted by Gasteiger charge is -2.03. The Hall–Kier alpha value is -2.88. The van der Waals surface area contributed by atoms with Gasteiger partial charge in [0.15, 0.2) is 5.58 Å². The zero-order valence-corrected chi connectivity index (χ0v) is 10.3. The first-order chi connectivity index (χ1) is 9.75. The van der Waals surface area contributed by atoms with Crippen molar-refractivity contribution in [1.82, 2.24) is 0 Å². The maximum Gasteiger partial charge on any atom is 0.348 e. The van der Waals surface area contributed by atoms with Crippen molar-refractivity contribution in [3.63, 3.8) is 0 Å². The van der Waals surface area contributed by atoms with Crippen LogP contribution in [0.25, 0.3) is 32.7 Å². The lowest BCUT2D eigenvalue weighted by molar-refractivity contribution is 0.548. The molecule has 4 aromatic rings. The minimum Gasteiger partial charge on any atom is -0.422 e. The fourth-order valence-corrected chi connectivity index (χ4v) is 2.49. The van der Waals surface area contributed by atoms with E-state index in [9.17, 15) is 9.59 Å². The second-order valence-corrected chi connectivity index (χ2v) is 4.52. The zero-order valence-electron chi connectivity index (χ0n) is 10.3. The van der Waals surface area contributed by atoms with Crippen molar-refractivity contribution in [2.75, 3.05) is 0 Å². The van der Waals surface area contributed by atoms with Crippen molar-refractivity contribution in [2.24, 2.45) is 0 Å². The lowest BCUT2D eigenvalue weighted by Crippen LogP contribution is -2.06. The fourth-order valence-electron chi connectivity index (χ4n) is 2.49. The van der Waals surface area contributed by atoms with Gasteiger partial charge in [0.25, 0.3) is 0 Å². The summed E-state index contributed by atoms with van der Waals surface area (Å²) in [6, 6.07) is 13.9. The average molecular weight is 264 g/mol. The van der Waals surface area contributed by atoms with E-state index < -0.39 is 11.3 Å². The van der Waals surface area contributed by atoms with Crippen LogP contribution in [0.1, 0.15) is 0 Å². The van der Waals surface area contributed by atoms with Gasteiger partial charge in [0, 0.05) is 5.39 Å². The predicted molar refractivity (Wildman–Crippen MR) is 76.0 cm³/mol. The molecule has 0 saturated heterocycles. The summed E-state index contributed by atoms with van der Waals surface area (Å²) in [4.78, 5) is 24.2. The van der Waals surface area contributed by atoms with Gasteiger partial charge < -0.3 is 8.83 Å². The highest BCUT2D eigenvalue weighted by Crippen LogP contribution is 2.26. The van der Waals surface area contributed by atoms with E-state index in [0.29, 0.717) is 27.1 Å². The van der Waals surface area contributed by atoms with Gasteiger partial charge in [0.1, 0.15) is 11.0 Å². The third-order valence-corrected chi connectivity index (χ3v) is 3.38. The normalized spacial score (nSPS) is 11.4. The van der Waals surface area contributed by atoms with E-state index >= 15 is 0 Å². The van der Waals surface area contributed by atoms with Gasteiger partial charge in [-0.1, -0.05) is 30.3 Å². The predicted octanol–water partition coefficient (Wildman–Crippen LogP) is 3.05. The van der Waals surface area contributed by atoms with E-state index in [2.05, 4.69) is 0 Å². The topological polar surface area (TPSA) is 60.4 Å². The molecule has 96 valence electrons.